The van der Waals surface area contributed by atoms with Crippen molar-refractivity contribution in [1.82, 2.24) is 0 Å². The Morgan fingerprint density at radius 2 is 2.06 bits per heavy atom. The first-order valence-corrected chi connectivity index (χ1v) is 6.18. The van der Waals surface area contributed by atoms with Crippen LogP contribution in [0.2, 0.25) is 0 Å². The van der Waals surface area contributed by atoms with Gasteiger partial charge in [-0.1, -0.05) is 12.1 Å². The minimum atomic E-state index is -0.0863. The van der Waals surface area contributed by atoms with E-state index in [9.17, 15) is 4.79 Å². The van der Waals surface area contributed by atoms with Gasteiger partial charge in [-0.15, -0.1) is 11.3 Å². The second-order valence-corrected chi connectivity index (χ2v) is 4.85. The van der Waals surface area contributed by atoms with Crippen molar-refractivity contribution in [2.24, 2.45) is 0 Å². The van der Waals surface area contributed by atoms with E-state index in [4.69, 9.17) is 5.73 Å². The lowest BCUT2D eigenvalue weighted by Gasteiger charge is -2.12. The van der Waals surface area contributed by atoms with Crippen molar-refractivity contribution >= 4 is 28.6 Å². The van der Waals surface area contributed by atoms with Gasteiger partial charge >= 0.3 is 0 Å². The van der Waals surface area contributed by atoms with Gasteiger partial charge in [0.1, 0.15) is 0 Å². The second kappa shape index (κ2) is 4.59. The Morgan fingerprint density at radius 1 is 1.29 bits per heavy atom. The summed E-state index contributed by atoms with van der Waals surface area (Å²) < 4.78 is 0. The van der Waals surface area contributed by atoms with Crippen LogP contribution in [0.5, 0.6) is 0 Å². The maximum Gasteiger partial charge on any atom is 0.265 e. The van der Waals surface area contributed by atoms with E-state index in [1.165, 1.54) is 11.3 Å². The van der Waals surface area contributed by atoms with Crippen molar-refractivity contribution in [2.75, 3.05) is 11.1 Å². The summed E-state index contributed by atoms with van der Waals surface area (Å²) in [5.41, 5.74) is 9.26. The molecule has 88 valence electrons. The van der Waals surface area contributed by atoms with Gasteiger partial charge < -0.3 is 11.1 Å². The van der Waals surface area contributed by atoms with Crippen molar-refractivity contribution in [3.05, 3.63) is 45.6 Å². The molecule has 1 aromatic heterocycles. The van der Waals surface area contributed by atoms with Crippen LogP contribution >= 0.6 is 11.3 Å². The Hall–Kier alpha value is -1.81. The fraction of sp³-hybridized carbons (Fsp3) is 0.154. The molecule has 1 aromatic carbocycles. The Balaban J connectivity index is 2.31. The fourth-order valence-corrected chi connectivity index (χ4v) is 2.26. The molecule has 0 saturated carbocycles. The number of anilines is 2. The first-order valence-electron chi connectivity index (χ1n) is 5.30. The SMILES string of the molecule is Cc1ccc(N)c(C)c1NC(=O)c1cccs1. The molecular formula is C13H14N2OS. The van der Waals surface area contributed by atoms with E-state index in [0.29, 0.717) is 10.6 Å². The predicted molar refractivity (Wildman–Crippen MR) is 72.6 cm³/mol. The topological polar surface area (TPSA) is 55.1 Å². The summed E-state index contributed by atoms with van der Waals surface area (Å²) in [6.07, 6.45) is 0. The summed E-state index contributed by atoms with van der Waals surface area (Å²) in [5, 5.41) is 4.80. The van der Waals surface area contributed by atoms with Crippen LogP contribution in [-0.2, 0) is 0 Å². The van der Waals surface area contributed by atoms with Crippen LogP contribution in [0.1, 0.15) is 20.8 Å². The van der Waals surface area contributed by atoms with Crippen LogP contribution in [0.25, 0.3) is 0 Å². The number of carbonyl (C=O) groups excluding carboxylic acids is 1. The number of carbonyl (C=O) groups is 1. The molecule has 0 aliphatic carbocycles. The number of nitrogens with two attached hydrogens (primary N) is 1. The number of thiophene rings is 1. The van der Waals surface area contributed by atoms with Crippen LogP contribution in [0.15, 0.2) is 29.6 Å². The molecule has 0 fully saturated rings. The molecule has 1 amide bonds. The Labute approximate surface area is 104 Å². The van der Waals surface area contributed by atoms with Crippen LogP contribution in [0, 0.1) is 13.8 Å². The highest BCUT2D eigenvalue weighted by molar-refractivity contribution is 7.12. The number of hydrogen-bond acceptors (Lipinski definition) is 3. The molecule has 0 spiro atoms. The van der Waals surface area contributed by atoms with Gasteiger partial charge in [-0.2, -0.15) is 0 Å². The molecule has 0 aliphatic rings. The Kier molecular flexibility index (Phi) is 3.15. The lowest BCUT2D eigenvalue weighted by molar-refractivity contribution is 0.103. The average molecular weight is 246 g/mol. The molecule has 3 nitrogen and oxygen atoms in total. The molecule has 0 atom stereocenters. The summed E-state index contributed by atoms with van der Waals surface area (Å²) in [7, 11) is 0. The molecular weight excluding hydrogens is 232 g/mol. The van der Waals surface area contributed by atoms with E-state index in [2.05, 4.69) is 5.32 Å². The lowest BCUT2D eigenvalue weighted by Crippen LogP contribution is -2.13. The molecule has 0 radical (unpaired) electrons. The third kappa shape index (κ3) is 2.31. The molecule has 2 rings (SSSR count). The first kappa shape index (κ1) is 11.7. The molecule has 17 heavy (non-hydrogen) atoms. The van der Waals surface area contributed by atoms with Crippen LogP contribution in [0.3, 0.4) is 0 Å². The molecule has 0 unspecified atom stereocenters. The number of hydrogen-bond donors (Lipinski definition) is 2. The fourth-order valence-electron chi connectivity index (χ4n) is 1.64. The molecule has 3 N–H and O–H groups in total. The number of amides is 1. The Bertz CT molecular complexity index is 547. The quantitative estimate of drug-likeness (QED) is 0.799. The van der Waals surface area contributed by atoms with Crippen molar-refractivity contribution in [3.63, 3.8) is 0 Å². The number of aryl methyl sites for hydroxylation is 1. The minimum Gasteiger partial charge on any atom is -0.398 e. The molecule has 0 saturated heterocycles. The number of benzene rings is 1. The third-order valence-electron chi connectivity index (χ3n) is 2.70. The summed E-state index contributed by atoms with van der Waals surface area (Å²) in [5.74, 6) is -0.0863. The molecule has 2 aromatic rings. The van der Waals surface area contributed by atoms with Gasteiger partial charge in [0.2, 0.25) is 0 Å². The highest BCUT2D eigenvalue weighted by Crippen LogP contribution is 2.26. The maximum atomic E-state index is 11.9. The second-order valence-electron chi connectivity index (χ2n) is 3.90. The Morgan fingerprint density at radius 3 is 2.71 bits per heavy atom. The van der Waals surface area contributed by atoms with E-state index in [1.54, 1.807) is 6.07 Å². The van der Waals surface area contributed by atoms with Gasteiger partial charge in [0.05, 0.1) is 4.88 Å². The van der Waals surface area contributed by atoms with E-state index < -0.39 is 0 Å². The zero-order valence-corrected chi connectivity index (χ0v) is 10.6. The van der Waals surface area contributed by atoms with E-state index in [0.717, 1.165) is 16.8 Å². The standard InChI is InChI=1S/C13H14N2OS/c1-8-5-6-10(14)9(2)12(8)15-13(16)11-4-3-7-17-11/h3-7H,14H2,1-2H3,(H,15,16). The van der Waals surface area contributed by atoms with E-state index in [-0.39, 0.29) is 5.91 Å². The average Bonchev–Trinajstić information content (AvgIpc) is 2.83. The van der Waals surface area contributed by atoms with E-state index >= 15 is 0 Å². The van der Waals surface area contributed by atoms with Gasteiger partial charge in [-0.25, -0.2) is 0 Å². The van der Waals surface area contributed by atoms with Gasteiger partial charge in [0.15, 0.2) is 0 Å². The summed E-state index contributed by atoms with van der Waals surface area (Å²) in [6.45, 7) is 3.86. The monoisotopic (exact) mass is 246 g/mol. The van der Waals surface area contributed by atoms with Crippen LogP contribution in [0.4, 0.5) is 11.4 Å². The summed E-state index contributed by atoms with van der Waals surface area (Å²) in [6, 6.07) is 7.42. The normalized spacial score (nSPS) is 10.2. The zero-order chi connectivity index (χ0) is 12.4. The summed E-state index contributed by atoms with van der Waals surface area (Å²) in [4.78, 5) is 12.6. The molecule has 4 heteroatoms. The first-order chi connectivity index (χ1) is 8.09. The third-order valence-corrected chi connectivity index (χ3v) is 3.57. The molecule has 0 aliphatic heterocycles. The molecule has 1 heterocycles. The minimum absolute atomic E-state index is 0.0863. The number of rotatable bonds is 2. The van der Waals surface area contributed by atoms with Crippen molar-refractivity contribution in [1.29, 1.82) is 0 Å². The smallest absolute Gasteiger partial charge is 0.265 e. The highest BCUT2D eigenvalue weighted by atomic mass is 32.1. The highest BCUT2D eigenvalue weighted by Gasteiger charge is 2.11. The maximum absolute atomic E-state index is 11.9. The van der Waals surface area contributed by atoms with Gasteiger partial charge in [-0.05, 0) is 42.5 Å². The van der Waals surface area contributed by atoms with Gasteiger partial charge in [0.25, 0.3) is 5.91 Å². The van der Waals surface area contributed by atoms with Crippen molar-refractivity contribution < 1.29 is 4.79 Å². The van der Waals surface area contributed by atoms with Gasteiger partial charge in [0, 0.05) is 11.4 Å². The summed E-state index contributed by atoms with van der Waals surface area (Å²) >= 11 is 1.42. The zero-order valence-electron chi connectivity index (χ0n) is 9.78. The predicted octanol–water partition coefficient (Wildman–Crippen LogP) is 3.20. The van der Waals surface area contributed by atoms with Crippen molar-refractivity contribution in [3.8, 4) is 0 Å². The number of nitrogens with one attached hydrogen (secondary N) is 1. The molecule has 0 bridgehead atoms. The van der Waals surface area contributed by atoms with Gasteiger partial charge in [-0.3, -0.25) is 4.79 Å². The number of nitrogen functional groups attached to an aromatic ring is 1. The van der Waals surface area contributed by atoms with E-state index in [1.807, 2.05) is 37.4 Å². The largest absolute Gasteiger partial charge is 0.398 e. The van der Waals surface area contributed by atoms with Crippen LogP contribution in [-0.4, -0.2) is 5.91 Å². The lowest BCUT2D eigenvalue weighted by atomic mass is 10.1. The van der Waals surface area contributed by atoms with Crippen molar-refractivity contribution in [2.45, 2.75) is 13.8 Å². The van der Waals surface area contributed by atoms with Crippen LogP contribution < -0.4 is 11.1 Å².